The van der Waals surface area contributed by atoms with Gasteiger partial charge in [0.05, 0.1) is 24.3 Å². The first-order chi connectivity index (χ1) is 13.4. The molecule has 2 bridgehead atoms. The van der Waals surface area contributed by atoms with Gasteiger partial charge in [-0.2, -0.15) is 0 Å². The molecule has 7 heteroatoms. The Morgan fingerprint density at radius 2 is 1.82 bits per heavy atom. The van der Waals surface area contributed by atoms with Crippen LogP contribution in [0.3, 0.4) is 0 Å². The molecular weight excluding hydrogens is 362 g/mol. The standard InChI is InChI=1S/C21H29NO6/c1-3-12-13-6-4-5-7-22(20(13)25)15(17-8-11(2)21(26)27-17)10-16(23)14-9-18(24)28-19(12)14/h11-15,17,19H,3-10H2,1-2H3/t11-,12+,13-,14-,15?,17+,19?/m0/s1. The van der Waals surface area contributed by atoms with Crippen molar-refractivity contribution >= 4 is 23.6 Å². The zero-order chi connectivity index (χ0) is 20.0. The van der Waals surface area contributed by atoms with Gasteiger partial charge in [-0.15, -0.1) is 0 Å². The molecule has 7 atom stereocenters. The highest BCUT2D eigenvalue weighted by atomic mass is 16.6. The molecule has 7 nitrogen and oxygen atoms in total. The number of carbonyl (C=O) groups excluding carboxylic acids is 4. The van der Waals surface area contributed by atoms with Crippen LogP contribution in [0.1, 0.15) is 58.8 Å². The zero-order valence-corrected chi connectivity index (χ0v) is 16.6. The summed E-state index contributed by atoms with van der Waals surface area (Å²) in [5.74, 6) is -1.75. The molecule has 4 fully saturated rings. The summed E-state index contributed by atoms with van der Waals surface area (Å²) in [5.41, 5.74) is 0. The van der Waals surface area contributed by atoms with Gasteiger partial charge in [-0.25, -0.2) is 0 Å². The number of Topliss-reactive ketones (excluding diaryl/α,β-unsaturated/α-hetero) is 1. The van der Waals surface area contributed by atoms with E-state index in [0.717, 1.165) is 19.3 Å². The third-order valence-corrected chi connectivity index (χ3v) is 7.13. The molecule has 0 saturated carbocycles. The van der Waals surface area contributed by atoms with Gasteiger partial charge in [0.2, 0.25) is 5.91 Å². The van der Waals surface area contributed by atoms with E-state index in [1.807, 2.05) is 18.7 Å². The number of carbonyl (C=O) groups is 4. The third-order valence-electron chi connectivity index (χ3n) is 7.13. The SMILES string of the molecule is CC[C@H]1C2OC(=O)C[C@H]2C(=O)CC([C@H]2C[C@H](C)C(=O)O2)N2CCCC[C@@H]1C2=O. The van der Waals surface area contributed by atoms with Gasteiger partial charge >= 0.3 is 11.9 Å². The molecule has 4 heterocycles. The third kappa shape index (κ3) is 3.22. The Labute approximate surface area is 165 Å². The lowest BCUT2D eigenvalue weighted by molar-refractivity contribution is -0.153. The number of nitrogens with zero attached hydrogens (tertiary/aromatic N) is 1. The summed E-state index contributed by atoms with van der Waals surface area (Å²) < 4.78 is 11.2. The highest BCUT2D eigenvalue weighted by molar-refractivity contribution is 5.90. The lowest BCUT2D eigenvalue weighted by Gasteiger charge is -2.36. The summed E-state index contributed by atoms with van der Waals surface area (Å²) in [6.45, 7) is 4.40. The van der Waals surface area contributed by atoms with Crippen LogP contribution >= 0.6 is 0 Å². The van der Waals surface area contributed by atoms with Crippen LogP contribution in [0, 0.1) is 23.7 Å². The van der Waals surface area contributed by atoms with E-state index in [1.165, 1.54) is 0 Å². The second-order valence-electron chi connectivity index (χ2n) is 8.82. The van der Waals surface area contributed by atoms with Gasteiger partial charge in [0, 0.05) is 24.8 Å². The van der Waals surface area contributed by atoms with Gasteiger partial charge in [-0.05, 0) is 25.7 Å². The molecule has 154 valence electrons. The lowest BCUT2D eigenvalue weighted by Crippen LogP contribution is -2.50. The fraction of sp³-hybridized carbons (Fsp3) is 0.810. The number of hydrogen-bond acceptors (Lipinski definition) is 6. The molecule has 4 aliphatic rings. The Bertz CT molecular complexity index is 690. The van der Waals surface area contributed by atoms with E-state index >= 15 is 0 Å². The fourth-order valence-electron chi connectivity index (χ4n) is 5.62. The molecule has 1 amide bonds. The van der Waals surface area contributed by atoms with Crippen LogP contribution in [-0.4, -0.2) is 53.3 Å². The maximum atomic E-state index is 13.6. The van der Waals surface area contributed by atoms with Gasteiger partial charge in [-0.3, -0.25) is 19.2 Å². The summed E-state index contributed by atoms with van der Waals surface area (Å²) in [6.07, 6.45) is 3.00. The second kappa shape index (κ2) is 7.48. The Morgan fingerprint density at radius 3 is 2.50 bits per heavy atom. The second-order valence-corrected chi connectivity index (χ2v) is 8.82. The predicted molar refractivity (Wildman–Crippen MR) is 97.9 cm³/mol. The van der Waals surface area contributed by atoms with E-state index in [0.29, 0.717) is 19.4 Å². The number of esters is 2. The number of ketones is 1. The van der Waals surface area contributed by atoms with Crippen LogP contribution in [-0.2, 0) is 28.7 Å². The maximum Gasteiger partial charge on any atom is 0.309 e. The molecule has 0 radical (unpaired) electrons. The molecule has 4 aliphatic heterocycles. The number of fused-ring (bicyclic) bond motifs is 3. The van der Waals surface area contributed by atoms with E-state index in [-0.39, 0.29) is 54.2 Å². The van der Waals surface area contributed by atoms with Gasteiger partial charge < -0.3 is 14.4 Å². The van der Waals surface area contributed by atoms with E-state index in [2.05, 4.69) is 0 Å². The molecule has 0 N–H and O–H groups in total. The summed E-state index contributed by atoms with van der Waals surface area (Å²) in [5, 5.41) is 0. The van der Waals surface area contributed by atoms with Crippen molar-refractivity contribution in [3.05, 3.63) is 0 Å². The Balaban J connectivity index is 1.73. The van der Waals surface area contributed by atoms with Gasteiger partial charge in [0.15, 0.2) is 0 Å². The topological polar surface area (TPSA) is 90.0 Å². The molecular formula is C21H29NO6. The van der Waals surface area contributed by atoms with E-state index in [1.54, 1.807) is 0 Å². The largest absolute Gasteiger partial charge is 0.461 e. The highest BCUT2D eigenvalue weighted by Gasteiger charge is 2.52. The Morgan fingerprint density at radius 1 is 1.04 bits per heavy atom. The van der Waals surface area contributed by atoms with E-state index in [9.17, 15) is 19.2 Å². The van der Waals surface area contributed by atoms with Crippen LogP contribution in [0.5, 0.6) is 0 Å². The first-order valence-electron chi connectivity index (χ1n) is 10.6. The highest BCUT2D eigenvalue weighted by Crippen LogP contribution is 2.42. The van der Waals surface area contributed by atoms with Crippen LogP contribution < -0.4 is 0 Å². The molecule has 0 aromatic carbocycles. The van der Waals surface area contributed by atoms with Crippen molar-refractivity contribution in [3.8, 4) is 0 Å². The van der Waals surface area contributed by atoms with Gasteiger partial charge in [-0.1, -0.05) is 20.3 Å². The fourth-order valence-corrected chi connectivity index (χ4v) is 5.62. The van der Waals surface area contributed by atoms with Crippen molar-refractivity contribution in [1.82, 2.24) is 4.90 Å². The van der Waals surface area contributed by atoms with E-state index in [4.69, 9.17) is 9.47 Å². The average molecular weight is 391 g/mol. The minimum atomic E-state index is -0.511. The molecule has 0 aliphatic carbocycles. The minimum Gasteiger partial charge on any atom is -0.461 e. The van der Waals surface area contributed by atoms with Crippen molar-refractivity contribution in [2.45, 2.75) is 77.0 Å². The predicted octanol–water partition coefficient (Wildman–Crippen LogP) is 1.87. The minimum absolute atomic E-state index is 0.0290. The first-order valence-corrected chi connectivity index (χ1v) is 10.6. The number of hydrogen-bond donors (Lipinski definition) is 0. The van der Waals surface area contributed by atoms with Crippen molar-refractivity contribution in [2.24, 2.45) is 23.7 Å². The molecule has 0 aromatic rings. The van der Waals surface area contributed by atoms with Gasteiger partial charge in [0.1, 0.15) is 18.0 Å². The Kier molecular flexibility index (Phi) is 5.19. The number of ether oxygens (including phenoxy) is 2. The van der Waals surface area contributed by atoms with E-state index < -0.39 is 24.2 Å². The van der Waals surface area contributed by atoms with Crippen LogP contribution in [0.2, 0.25) is 0 Å². The zero-order valence-electron chi connectivity index (χ0n) is 16.6. The maximum absolute atomic E-state index is 13.6. The lowest BCUT2D eigenvalue weighted by atomic mass is 9.76. The van der Waals surface area contributed by atoms with Crippen LogP contribution in [0.4, 0.5) is 0 Å². The molecule has 4 rings (SSSR count). The molecule has 28 heavy (non-hydrogen) atoms. The number of amides is 1. The molecule has 2 unspecified atom stereocenters. The summed E-state index contributed by atoms with van der Waals surface area (Å²) in [4.78, 5) is 52.6. The quantitative estimate of drug-likeness (QED) is 0.668. The van der Waals surface area contributed by atoms with Crippen molar-refractivity contribution in [1.29, 1.82) is 0 Å². The summed E-state index contributed by atoms with van der Waals surface area (Å²) in [6, 6.07) is -0.443. The average Bonchev–Trinajstić information content (AvgIpc) is 3.14. The molecule has 0 aromatic heterocycles. The van der Waals surface area contributed by atoms with Gasteiger partial charge in [0.25, 0.3) is 0 Å². The normalized spacial score (nSPS) is 41.5. The van der Waals surface area contributed by atoms with Crippen molar-refractivity contribution in [3.63, 3.8) is 0 Å². The Hall–Kier alpha value is -1.92. The van der Waals surface area contributed by atoms with Crippen molar-refractivity contribution < 1.29 is 28.7 Å². The number of cyclic esters (lactones) is 1. The van der Waals surface area contributed by atoms with Crippen LogP contribution in [0.15, 0.2) is 0 Å². The van der Waals surface area contributed by atoms with Crippen LogP contribution in [0.25, 0.3) is 0 Å². The summed E-state index contributed by atoms with van der Waals surface area (Å²) in [7, 11) is 0. The number of rotatable bonds is 2. The first kappa shape index (κ1) is 19.4. The molecule has 4 saturated heterocycles. The monoisotopic (exact) mass is 391 g/mol. The smallest absolute Gasteiger partial charge is 0.309 e. The molecule has 0 spiro atoms. The van der Waals surface area contributed by atoms with Crippen molar-refractivity contribution in [2.75, 3.05) is 6.54 Å². The summed E-state index contributed by atoms with van der Waals surface area (Å²) >= 11 is 0.